The van der Waals surface area contributed by atoms with E-state index in [9.17, 15) is 0 Å². The molecule has 0 aliphatic carbocycles. The minimum Gasteiger partial charge on any atom is -0.309 e. The molecule has 0 aliphatic heterocycles. The van der Waals surface area contributed by atoms with E-state index < -0.39 is 0 Å². The highest BCUT2D eigenvalue weighted by Crippen LogP contribution is 2.21. The minimum atomic E-state index is 0.743. The zero-order valence-corrected chi connectivity index (χ0v) is 8.75. The Hall–Kier alpha value is -1.22. The van der Waals surface area contributed by atoms with E-state index in [2.05, 4.69) is 17.4 Å². The third-order valence-corrected chi connectivity index (χ3v) is 2.40. The molecular formula is C10H12ClN3. The van der Waals surface area contributed by atoms with E-state index in [0.29, 0.717) is 0 Å². The molecule has 2 aromatic rings. The molecule has 2 rings (SSSR count). The van der Waals surface area contributed by atoms with Crippen molar-refractivity contribution in [2.45, 2.75) is 13.3 Å². The van der Waals surface area contributed by atoms with Crippen LogP contribution in [0.25, 0.3) is 10.9 Å². The summed E-state index contributed by atoms with van der Waals surface area (Å²) in [6.07, 6.45) is 2.85. The molecular weight excluding hydrogens is 198 g/mol. The lowest BCUT2D eigenvalue weighted by atomic mass is 10.3. The van der Waals surface area contributed by atoms with Gasteiger partial charge < -0.3 is 5.43 Å². The molecule has 14 heavy (non-hydrogen) atoms. The predicted octanol–water partition coefficient (Wildman–Crippen LogP) is 2.64. The summed E-state index contributed by atoms with van der Waals surface area (Å²) in [5.41, 5.74) is 4.21. The van der Waals surface area contributed by atoms with Gasteiger partial charge in [0.25, 0.3) is 0 Å². The summed E-state index contributed by atoms with van der Waals surface area (Å²) in [5, 5.41) is 5.94. The number of benzene rings is 1. The molecule has 0 saturated heterocycles. The number of nitrogens with one attached hydrogen (secondary N) is 1. The van der Waals surface area contributed by atoms with Gasteiger partial charge in [-0.15, -0.1) is 0 Å². The highest BCUT2D eigenvalue weighted by Gasteiger charge is 2.03. The van der Waals surface area contributed by atoms with Crippen LogP contribution in [0.3, 0.4) is 0 Å². The van der Waals surface area contributed by atoms with E-state index in [1.807, 2.05) is 18.2 Å². The summed E-state index contributed by atoms with van der Waals surface area (Å²) in [4.78, 5) is 1.77. The first kappa shape index (κ1) is 9.34. The molecule has 0 bridgehead atoms. The third-order valence-electron chi connectivity index (χ3n) is 2.07. The molecule has 1 N–H and O–H groups in total. The van der Waals surface area contributed by atoms with Crippen molar-refractivity contribution in [3.8, 4) is 0 Å². The van der Waals surface area contributed by atoms with Gasteiger partial charge in [0.05, 0.1) is 16.7 Å². The van der Waals surface area contributed by atoms with E-state index in [1.165, 1.54) is 0 Å². The summed E-state index contributed by atoms with van der Waals surface area (Å²) >= 11 is 6.02. The van der Waals surface area contributed by atoms with Gasteiger partial charge in [-0.25, -0.2) is 0 Å². The maximum atomic E-state index is 6.02. The first-order valence-electron chi connectivity index (χ1n) is 4.69. The normalized spacial score (nSPS) is 10.7. The van der Waals surface area contributed by atoms with Crippen molar-refractivity contribution in [3.63, 3.8) is 0 Å². The summed E-state index contributed by atoms with van der Waals surface area (Å²) in [6.45, 7) is 3.02. The highest BCUT2D eigenvalue weighted by atomic mass is 35.5. The smallest absolute Gasteiger partial charge is 0.0933 e. The second kappa shape index (κ2) is 3.88. The zero-order chi connectivity index (χ0) is 9.97. The Morgan fingerprint density at radius 1 is 1.50 bits per heavy atom. The molecule has 74 valence electrons. The molecule has 0 unspecified atom stereocenters. The minimum absolute atomic E-state index is 0.743. The van der Waals surface area contributed by atoms with Crippen LogP contribution in [0.1, 0.15) is 13.3 Å². The highest BCUT2D eigenvalue weighted by molar-refractivity contribution is 6.35. The van der Waals surface area contributed by atoms with Gasteiger partial charge in [-0.05, 0) is 18.6 Å². The fourth-order valence-electron chi connectivity index (χ4n) is 1.36. The Kier molecular flexibility index (Phi) is 2.59. The van der Waals surface area contributed by atoms with Crippen LogP contribution in [-0.2, 0) is 0 Å². The monoisotopic (exact) mass is 209 g/mol. The first-order chi connectivity index (χ1) is 6.83. The van der Waals surface area contributed by atoms with Crippen molar-refractivity contribution >= 4 is 22.5 Å². The summed E-state index contributed by atoms with van der Waals surface area (Å²) in [6, 6.07) is 5.79. The van der Waals surface area contributed by atoms with Crippen LogP contribution in [0.4, 0.5) is 0 Å². The maximum absolute atomic E-state index is 6.02. The molecule has 0 saturated carbocycles. The standard InChI is InChI=1S/C10H12ClN3/c1-2-6-12-14-10-5-3-4-9(11)8(10)7-13-14/h3-5,7,12H,2,6H2,1H3. The van der Waals surface area contributed by atoms with Crippen molar-refractivity contribution in [1.82, 2.24) is 9.89 Å². The topological polar surface area (TPSA) is 29.9 Å². The van der Waals surface area contributed by atoms with Gasteiger partial charge in [0.1, 0.15) is 0 Å². The van der Waals surface area contributed by atoms with Gasteiger partial charge in [-0.2, -0.15) is 9.89 Å². The van der Waals surface area contributed by atoms with Gasteiger partial charge in [-0.3, -0.25) is 0 Å². The first-order valence-corrected chi connectivity index (χ1v) is 5.07. The molecule has 1 aromatic heterocycles. The number of aromatic nitrogens is 2. The summed E-state index contributed by atoms with van der Waals surface area (Å²) < 4.78 is 0. The molecule has 0 radical (unpaired) electrons. The van der Waals surface area contributed by atoms with E-state index >= 15 is 0 Å². The number of hydrogen-bond acceptors (Lipinski definition) is 2. The molecule has 0 spiro atoms. The summed E-state index contributed by atoms with van der Waals surface area (Å²) in [7, 11) is 0. The maximum Gasteiger partial charge on any atom is 0.0933 e. The Labute approximate surface area is 87.6 Å². The van der Waals surface area contributed by atoms with E-state index in [-0.39, 0.29) is 0 Å². The molecule has 0 amide bonds. The SMILES string of the molecule is CCCNn1ncc2c(Cl)cccc21. The van der Waals surface area contributed by atoms with Crippen molar-refractivity contribution in [2.75, 3.05) is 12.0 Å². The molecule has 4 heteroatoms. The number of nitrogens with zero attached hydrogens (tertiary/aromatic N) is 2. The Balaban J connectivity index is 2.42. The fraction of sp³-hybridized carbons (Fsp3) is 0.300. The number of hydrogen-bond donors (Lipinski definition) is 1. The lowest BCUT2D eigenvalue weighted by Gasteiger charge is -2.05. The van der Waals surface area contributed by atoms with E-state index in [0.717, 1.165) is 28.9 Å². The largest absolute Gasteiger partial charge is 0.309 e. The van der Waals surface area contributed by atoms with Crippen molar-refractivity contribution in [3.05, 3.63) is 29.4 Å². The van der Waals surface area contributed by atoms with Gasteiger partial charge in [0, 0.05) is 11.9 Å². The van der Waals surface area contributed by atoms with Crippen LogP contribution >= 0.6 is 11.6 Å². The summed E-state index contributed by atoms with van der Waals surface area (Å²) in [5.74, 6) is 0. The number of halogens is 1. The zero-order valence-electron chi connectivity index (χ0n) is 8.00. The van der Waals surface area contributed by atoms with Crippen molar-refractivity contribution in [1.29, 1.82) is 0 Å². The van der Waals surface area contributed by atoms with Gasteiger partial charge in [-0.1, -0.05) is 24.6 Å². The predicted molar refractivity (Wildman–Crippen MR) is 59.3 cm³/mol. The van der Waals surface area contributed by atoms with Gasteiger partial charge in [0.2, 0.25) is 0 Å². The van der Waals surface area contributed by atoms with E-state index in [1.54, 1.807) is 11.0 Å². The lowest BCUT2D eigenvalue weighted by Crippen LogP contribution is -2.16. The molecule has 3 nitrogen and oxygen atoms in total. The molecule has 0 atom stereocenters. The van der Waals surface area contributed by atoms with Gasteiger partial charge in [0.15, 0.2) is 0 Å². The molecule has 0 aliphatic rings. The van der Waals surface area contributed by atoms with Crippen LogP contribution in [0, 0.1) is 0 Å². The Bertz CT molecular complexity index is 436. The Morgan fingerprint density at radius 2 is 2.36 bits per heavy atom. The second-order valence-corrected chi connectivity index (χ2v) is 3.54. The quantitative estimate of drug-likeness (QED) is 0.843. The van der Waals surface area contributed by atoms with Crippen LogP contribution in [0.15, 0.2) is 24.4 Å². The van der Waals surface area contributed by atoms with Crippen LogP contribution < -0.4 is 5.43 Å². The second-order valence-electron chi connectivity index (χ2n) is 3.14. The lowest BCUT2D eigenvalue weighted by molar-refractivity contribution is 0.741. The molecule has 1 heterocycles. The fourth-order valence-corrected chi connectivity index (χ4v) is 1.58. The average Bonchev–Trinajstić information content (AvgIpc) is 2.60. The number of rotatable bonds is 3. The van der Waals surface area contributed by atoms with Crippen LogP contribution in [0.5, 0.6) is 0 Å². The van der Waals surface area contributed by atoms with E-state index in [4.69, 9.17) is 11.6 Å². The van der Waals surface area contributed by atoms with Crippen molar-refractivity contribution < 1.29 is 0 Å². The Morgan fingerprint density at radius 3 is 3.14 bits per heavy atom. The van der Waals surface area contributed by atoms with Crippen LogP contribution in [-0.4, -0.2) is 16.4 Å². The molecule has 1 aromatic carbocycles. The van der Waals surface area contributed by atoms with Crippen LogP contribution in [0.2, 0.25) is 5.02 Å². The van der Waals surface area contributed by atoms with Crippen molar-refractivity contribution in [2.24, 2.45) is 0 Å². The average molecular weight is 210 g/mol. The number of fused-ring (bicyclic) bond motifs is 1. The third kappa shape index (κ3) is 1.55. The van der Waals surface area contributed by atoms with Gasteiger partial charge >= 0.3 is 0 Å². The molecule has 0 fully saturated rings.